The first-order valence-electron chi connectivity index (χ1n) is 10.5. The lowest BCUT2D eigenvalue weighted by Gasteiger charge is -2.28. The van der Waals surface area contributed by atoms with Crippen molar-refractivity contribution in [3.8, 4) is 5.75 Å². The van der Waals surface area contributed by atoms with Crippen LogP contribution in [0.3, 0.4) is 0 Å². The van der Waals surface area contributed by atoms with Gasteiger partial charge in [-0.25, -0.2) is 4.39 Å². The molecule has 1 unspecified atom stereocenters. The Morgan fingerprint density at radius 1 is 1.12 bits per heavy atom. The number of Topliss-reactive ketones (excluding diaryl/α,β-unsaturated/α-hetero) is 1. The first-order valence-corrected chi connectivity index (χ1v) is 10.5. The van der Waals surface area contributed by atoms with Crippen LogP contribution in [0.1, 0.15) is 23.1 Å². The molecule has 1 fully saturated rings. The molecule has 0 spiro atoms. The van der Waals surface area contributed by atoms with E-state index >= 15 is 0 Å². The molecule has 3 heterocycles. The van der Waals surface area contributed by atoms with Gasteiger partial charge in [-0.05, 0) is 55.5 Å². The summed E-state index contributed by atoms with van der Waals surface area (Å²) in [7, 11) is 1.90. The normalized spacial score (nSPS) is 19.5. The van der Waals surface area contributed by atoms with Crippen molar-refractivity contribution in [2.45, 2.75) is 13.0 Å². The Labute approximate surface area is 189 Å². The lowest BCUT2D eigenvalue weighted by Crippen LogP contribution is -2.29. The highest BCUT2D eigenvalue weighted by molar-refractivity contribution is 6.51. The highest BCUT2D eigenvalue weighted by Crippen LogP contribution is 2.43. The predicted octanol–water partition coefficient (Wildman–Crippen LogP) is 4.18. The van der Waals surface area contributed by atoms with E-state index in [1.165, 1.54) is 24.3 Å². The van der Waals surface area contributed by atoms with Crippen molar-refractivity contribution in [3.05, 3.63) is 83.1 Å². The molecule has 2 aliphatic rings. The molecular weight excluding hydrogens is 427 g/mol. The SMILES string of the molecule is Cc1ccc(C2/C(=C(/O)c3ccc4c(c3)N(C)CCO4)C(=O)C(=O)N2c2cccc(F)c2)o1. The van der Waals surface area contributed by atoms with E-state index in [4.69, 9.17) is 9.15 Å². The second-order valence-corrected chi connectivity index (χ2v) is 8.05. The molecule has 5 rings (SSSR count). The van der Waals surface area contributed by atoms with Gasteiger partial charge in [-0.1, -0.05) is 6.07 Å². The summed E-state index contributed by atoms with van der Waals surface area (Å²) >= 11 is 0. The van der Waals surface area contributed by atoms with Crippen LogP contribution >= 0.6 is 0 Å². The number of ketones is 1. The van der Waals surface area contributed by atoms with Gasteiger partial charge in [-0.15, -0.1) is 0 Å². The van der Waals surface area contributed by atoms with Gasteiger partial charge in [-0.2, -0.15) is 0 Å². The lowest BCUT2D eigenvalue weighted by molar-refractivity contribution is -0.132. The summed E-state index contributed by atoms with van der Waals surface area (Å²) in [5, 5.41) is 11.3. The number of hydrogen-bond donors (Lipinski definition) is 1. The third kappa shape index (κ3) is 3.44. The van der Waals surface area contributed by atoms with Crippen molar-refractivity contribution in [2.75, 3.05) is 30.0 Å². The van der Waals surface area contributed by atoms with Gasteiger partial charge in [0.1, 0.15) is 41.5 Å². The van der Waals surface area contributed by atoms with Crippen molar-refractivity contribution in [3.63, 3.8) is 0 Å². The quantitative estimate of drug-likeness (QED) is 0.368. The van der Waals surface area contributed by atoms with E-state index in [0.29, 0.717) is 30.2 Å². The van der Waals surface area contributed by atoms with Crippen LogP contribution in [0.25, 0.3) is 5.76 Å². The summed E-state index contributed by atoms with van der Waals surface area (Å²) < 4.78 is 25.4. The molecule has 168 valence electrons. The van der Waals surface area contributed by atoms with E-state index < -0.39 is 23.5 Å². The standard InChI is InChI=1S/C25H21FN2O5/c1-14-6-8-20(33-14)22-21(24(30)25(31)28(22)17-5-3-4-16(26)13-17)23(29)15-7-9-19-18(12-15)27(2)10-11-32-19/h3-9,12-13,22,29H,10-11H2,1-2H3/b23-21-. The van der Waals surface area contributed by atoms with Crippen molar-refractivity contribution in [1.29, 1.82) is 0 Å². The molecule has 1 atom stereocenters. The highest BCUT2D eigenvalue weighted by Gasteiger charge is 2.48. The van der Waals surface area contributed by atoms with Gasteiger partial charge in [0.25, 0.3) is 11.7 Å². The molecule has 8 heteroatoms. The summed E-state index contributed by atoms with van der Waals surface area (Å²) in [4.78, 5) is 29.4. The van der Waals surface area contributed by atoms with E-state index in [-0.39, 0.29) is 22.8 Å². The molecule has 2 aromatic carbocycles. The number of furan rings is 1. The number of anilines is 2. The number of rotatable bonds is 3. The van der Waals surface area contributed by atoms with E-state index in [1.54, 1.807) is 37.3 Å². The van der Waals surface area contributed by atoms with Crippen LogP contribution in [0.2, 0.25) is 0 Å². The average molecular weight is 448 g/mol. The number of carbonyl (C=O) groups excluding carboxylic acids is 2. The minimum atomic E-state index is -1.05. The number of likely N-dealkylation sites (N-methyl/N-ethyl adjacent to an activating group) is 1. The van der Waals surface area contributed by atoms with Gasteiger partial charge in [0, 0.05) is 18.3 Å². The maximum absolute atomic E-state index is 14.0. The molecule has 0 bridgehead atoms. The monoisotopic (exact) mass is 448 g/mol. The van der Waals surface area contributed by atoms with E-state index in [1.807, 2.05) is 11.9 Å². The maximum atomic E-state index is 14.0. The van der Waals surface area contributed by atoms with Gasteiger partial charge in [0.15, 0.2) is 0 Å². The Kier molecular flexibility index (Phi) is 4.92. The van der Waals surface area contributed by atoms with Crippen LogP contribution < -0.4 is 14.5 Å². The summed E-state index contributed by atoms with van der Waals surface area (Å²) in [5.74, 6) is -1.12. The first kappa shape index (κ1) is 20.8. The smallest absolute Gasteiger partial charge is 0.300 e. The number of aliphatic hydroxyl groups is 1. The maximum Gasteiger partial charge on any atom is 0.300 e. The van der Waals surface area contributed by atoms with Gasteiger partial charge >= 0.3 is 0 Å². The van der Waals surface area contributed by atoms with Crippen LogP contribution in [-0.2, 0) is 9.59 Å². The Hall–Kier alpha value is -4.07. The number of benzene rings is 2. The Bertz CT molecular complexity index is 1310. The molecule has 0 saturated carbocycles. The van der Waals surface area contributed by atoms with Crippen LogP contribution in [-0.4, -0.2) is 37.0 Å². The zero-order valence-electron chi connectivity index (χ0n) is 18.0. The Morgan fingerprint density at radius 2 is 1.94 bits per heavy atom. The summed E-state index contributed by atoms with van der Waals surface area (Å²) in [6.07, 6.45) is 0. The fourth-order valence-corrected chi connectivity index (χ4v) is 4.25. The number of aliphatic hydroxyl groups excluding tert-OH is 1. The van der Waals surface area contributed by atoms with E-state index in [0.717, 1.165) is 10.6 Å². The zero-order chi connectivity index (χ0) is 23.3. The van der Waals surface area contributed by atoms with Crippen molar-refractivity contribution in [1.82, 2.24) is 0 Å². The highest BCUT2D eigenvalue weighted by atomic mass is 19.1. The second-order valence-electron chi connectivity index (χ2n) is 8.05. The van der Waals surface area contributed by atoms with Crippen molar-refractivity contribution >= 4 is 28.8 Å². The largest absolute Gasteiger partial charge is 0.507 e. The number of fused-ring (bicyclic) bond motifs is 1. The number of ether oxygens (including phenoxy) is 1. The van der Waals surface area contributed by atoms with Crippen molar-refractivity contribution < 1.29 is 28.2 Å². The molecule has 1 amide bonds. The number of hydrogen-bond acceptors (Lipinski definition) is 6. The van der Waals surface area contributed by atoms with E-state index in [9.17, 15) is 19.1 Å². The molecule has 0 aliphatic carbocycles. The van der Waals surface area contributed by atoms with Gasteiger partial charge in [-0.3, -0.25) is 14.5 Å². The Morgan fingerprint density at radius 3 is 2.67 bits per heavy atom. The number of nitrogens with zero attached hydrogens (tertiary/aromatic N) is 2. The molecule has 7 nitrogen and oxygen atoms in total. The fraction of sp³-hybridized carbons (Fsp3) is 0.200. The third-order valence-electron chi connectivity index (χ3n) is 5.89. The average Bonchev–Trinajstić information content (AvgIpc) is 3.34. The fourth-order valence-electron chi connectivity index (χ4n) is 4.25. The van der Waals surface area contributed by atoms with Gasteiger partial charge in [0.05, 0.1) is 17.8 Å². The molecule has 1 saturated heterocycles. The topological polar surface area (TPSA) is 83.2 Å². The summed E-state index contributed by atoms with van der Waals surface area (Å²) in [5.41, 5.74) is 1.18. The number of carbonyl (C=O) groups is 2. The molecule has 1 aromatic heterocycles. The van der Waals surface area contributed by atoms with E-state index in [2.05, 4.69) is 0 Å². The summed E-state index contributed by atoms with van der Waals surface area (Å²) in [6.45, 7) is 2.95. The molecule has 3 aromatic rings. The molecule has 0 radical (unpaired) electrons. The van der Waals surface area contributed by atoms with Crippen LogP contribution in [0.15, 0.2) is 64.6 Å². The van der Waals surface area contributed by atoms with Crippen LogP contribution in [0.4, 0.5) is 15.8 Å². The number of aryl methyl sites for hydroxylation is 1. The zero-order valence-corrected chi connectivity index (χ0v) is 18.0. The third-order valence-corrected chi connectivity index (χ3v) is 5.89. The minimum absolute atomic E-state index is 0.127. The summed E-state index contributed by atoms with van der Waals surface area (Å²) in [6, 6.07) is 12.7. The number of amides is 1. The van der Waals surface area contributed by atoms with Crippen LogP contribution in [0, 0.1) is 12.7 Å². The van der Waals surface area contributed by atoms with Crippen molar-refractivity contribution in [2.24, 2.45) is 0 Å². The second kappa shape index (κ2) is 7.81. The minimum Gasteiger partial charge on any atom is -0.507 e. The van der Waals surface area contributed by atoms with Crippen LogP contribution in [0.5, 0.6) is 5.75 Å². The molecule has 2 aliphatic heterocycles. The van der Waals surface area contributed by atoms with Gasteiger partial charge < -0.3 is 19.2 Å². The van der Waals surface area contributed by atoms with Gasteiger partial charge in [0.2, 0.25) is 0 Å². The molecule has 1 N–H and O–H groups in total. The first-order chi connectivity index (χ1) is 15.8. The predicted molar refractivity (Wildman–Crippen MR) is 120 cm³/mol. The molecular formula is C25H21FN2O5. The number of halogens is 1. The lowest BCUT2D eigenvalue weighted by atomic mass is 9.98. The Balaban J connectivity index is 1.69. The molecule has 33 heavy (non-hydrogen) atoms.